The summed E-state index contributed by atoms with van der Waals surface area (Å²) in [4.78, 5) is 15.8. The number of rotatable bonds is 5. The summed E-state index contributed by atoms with van der Waals surface area (Å²) in [6.07, 6.45) is 3.37. The van der Waals surface area contributed by atoms with Crippen LogP contribution < -0.4 is 10.1 Å². The predicted octanol–water partition coefficient (Wildman–Crippen LogP) is 2.80. The van der Waals surface area contributed by atoms with E-state index in [2.05, 4.69) is 10.3 Å². The molecule has 1 N–H and O–H groups in total. The van der Waals surface area contributed by atoms with Gasteiger partial charge in [0, 0.05) is 24.5 Å². The summed E-state index contributed by atoms with van der Waals surface area (Å²) in [7, 11) is 0. The predicted molar refractivity (Wildman–Crippen MR) is 77.6 cm³/mol. The average Bonchev–Trinajstić information content (AvgIpc) is 2.46. The maximum atomic E-state index is 11.9. The quantitative estimate of drug-likeness (QED) is 0.909. The number of hydrogen-bond donors (Lipinski definition) is 1. The zero-order chi connectivity index (χ0) is 14.4. The van der Waals surface area contributed by atoms with E-state index in [1.165, 1.54) is 0 Å². The van der Waals surface area contributed by atoms with Gasteiger partial charge in [0.1, 0.15) is 5.75 Å². The van der Waals surface area contributed by atoms with E-state index in [-0.39, 0.29) is 12.0 Å². The molecule has 1 amide bonds. The standard InChI is InChI=1S/C16H18N2O2/c1-12(2)20-15-5-3-13(4-6-15)11-18-16(19)14-7-9-17-10-8-14/h3-10,12H,11H2,1-2H3,(H,18,19). The van der Waals surface area contributed by atoms with Crippen molar-refractivity contribution in [1.29, 1.82) is 0 Å². The van der Waals surface area contributed by atoms with Crippen molar-refractivity contribution in [3.63, 3.8) is 0 Å². The molecule has 0 bridgehead atoms. The number of pyridine rings is 1. The van der Waals surface area contributed by atoms with Crippen molar-refractivity contribution in [2.45, 2.75) is 26.5 Å². The van der Waals surface area contributed by atoms with Crippen molar-refractivity contribution in [3.05, 3.63) is 59.9 Å². The first-order valence-electron chi connectivity index (χ1n) is 6.59. The molecule has 1 aromatic carbocycles. The van der Waals surface area contributed by atoms with Crippen LogP contribution in [0.5, 0.6) is 5.75 Å². The number of aromatic nitrogens is 1. The van der Waals surface area contributed by atoms with Crippen LogP contribution in [0, 0.1) is 0 Å². The summed E-state index contributed by atoms with van der Waals surface area (Å²) in [6, 6.07) is 11.1. The fraction of sp³-hybridized carbons (Fsp3) is 0.250. The Morgan fingerprint density at radius 3 is 2.40 bits per heavy atom. The third-order valence-corrected chi connectivity index (χ3v) is 2.69. The van der Waals surface area contributed by atoms with Gasteiger partial charge in [-0.15, -0.1) is 0 Å². The molecular weight excluding hydrogens is 252 g/mol. The van der Waals surface area contributed by atoms with Crippen molar-refractivity contribution in [2.75, 3.05) is 0 Å². The highest BCUT2D eigenvalue weighted by Crippen LogP contribution is 2.13. The van der Waals surface area contributed by atoms with Crippen LogP contribution in [0.15, 0.2) is 48.8 Å². The molecule has 0 radical (unpaired) electrons. The van der Waals surface area contributed by atoms with Crippen LogP contribution in [0.1, 0.15) is 29.8 Å². The molecule has 104 valence electrons. The fourth-order valence-electron chi connectivity index (χ4n) is 1.75. The molecule has 1 aromatic heterocycles. The number of carbonyl (C=O) groups excluding carboxylic acids is 1. The molecule has 0 saturated heterocycles. The van der Waals surface area contributed by atoms with E-state index < -0.39 is 0 Å². The maximum absolute atomic E-state index is 11.9. The van der Waals surface area contributed by atoms with E-state index in [0.717, 1.165) is 11.3 Å². The monoisotopic (exact) mass is 270 g/mol. The molecule has 2 aromatic rings. The zero-order valence-corrected chi connectivity index (χ0v) is 11.7. The largest absolute Gasteiger partial charge is 0.491 e. The summed E-state index contributed by atoms with van der Waals surface area (Å²) >= 11 is 0. The van der Waals surface area contributed by atoms with Gasteiger partial charge in [-0.3, -0.25) is 9.78 Å². The van der Waals surface area contributed by atoms with E-state index in [4.69, 9.17) is 4.74 Å². The van der Waals surface area contributed by atoms with E-state index in [0.29, 0.717) is 12.1 Å². The lowest BCUT2D eigenvalue weighted by molar-refractivity contribution is 0.0951. The van der Waals surface area contributed by atoms with Gasteiger partial charge in [0.05, 0.1) is 6.10 Å². The van der Waals surface area contributed by atoms with Gasteiger partial charge in [0.15, 0.2) is 0 Å². The van der Waals surface area contributed by atoms with Gasteiger partial charge in [-0.2, -0.15) is 0 Å². The second-order valence-corrected chi connectivity index (χ2v) is 4.73. The number of ether oxygens (including phenoxy) is 1. The molecule has 0 saturated carbocycles. The molecule has 0 atom stereocenters. The van der Waals surface area contributed by atoms with Crippen LogP contribution in [0.4, 0.5) is 0 Å². The van der Waals surface area contributed by atoms with E-state index in [1.807, 2.05) is 38.1 Å². The first kappa shape index (κ1) is 14.1. The number of nitrogens with zero attached hydrogens (tertiary/aromatic N) is 1. The van der Waals surface area contributed by atoms with Crippen LogP contribution in [0.25, 0.3) is 0 Å². The average molecular weight is 270 g/mol. The molecule has 20 heavy (non-hydrogen) atoms. The molecule has 0 aliphatic heterocycles. The van der Waals surface area contributed by atoms with Crippen molar-refractivity contribution in [2.24, 2.45) is 0 Å². The summed E-state index contributed by atoms with van der Waals surface area (Å²) in [6.45, 7) is 4.47. The Balaban J connectivity index is 1.89. The van der Waals surface area contributed by atoms with Crippen LogP contribution >= 0.6 is 0 Å². The highest BCUT2D eigenvalue weighted by atomic mass is 16.5. The van der Waals surface area contributed by atoms with Gasteiger partial charge in [-0.25, -0.2) is 0 Å². The first-order valence-corrected chi connectivity index (χ1v) is 6.59. The van der Waals surface area contributed by atoms with E-state index in [1.54, 1.807) is 24.5 Å². The van der Waals surface area contributed by atoms with Gasteiger partial charge in [-0.1, -0.05) is 12.1 Å². The minimum atomic E-state index is -0.102. The normalized spacial score (nSPS) is 10.3. The van der Waals surface area contributed by atoms with Crippen LogP contribution in [-0.4, -0.2) is 17.0 Å². The van der Waals surface area contributed by atoms with Crippen molar-refractivity contribution in [1.82, 2.24) is 10.3 Å². The molecule has 4 heteroatoms. The third kappa shape index (κ3) is 4.09. The van der Waals surface area contributed by atoms with Crippen molar-refractivity contribution >= 4 is 5.91 Å². The summed E-state index contributed by atoms with van der Waals surface area (Å²) < 4.78 is 5.57. The Bertz CT molecular complexity index is 550. The number of carbonyl (C=O) groups is 1. The highest BCUT2D eigenvalue weighted by molar-refractivity contribution is 5.93. The molecule has 4 nitrogen and oxygen atoms in total. The van der Waals surface area contributed by atoms with Gasteiger partial charge in [0.25, 0.3) is 5.91 Å². The second-order valence-electron chi connectivity index (χ2n) is 4.73. The Kier molecular flexibility index (Phi) is 4.71. The summed E-state index contributed by atoms with van der Waals surface area (Å²) in [5.41, 5.74) is 1.64. The van der Waals surface area contributed by atoms with Gasteiger partial charge < -0.3 is 10.1 Å². The number of amides is 1. The molecule has 0 fully saturated rings. The second kappa shape index (κ2) is 6.70. The lowest BCUT2D eigenvalue weighted by Crippen LogP contribution is -2.22. The summed E-state index contributed by atoms with van der Waals surface area (Å²) in [5.74, 6) is 0.735. The topological polar surface area (TPSA) is 51.2 Å². The zero-order valence-electron chi connectivity index (χ0n) is 11.7. The molecule has 0 unspecified atom stereocenters. The molecule has 1 heterocycles. The maximum Gasteiger partial charge on any atom is 0.251 e. The number of nitrogens with one attached hydrogen (secondary N) is 1. The van der Waals surface area contributed by atoms with Crippen LogP contribution in [0.2, 0.25) is 0 Å². The lowest BCUT2D eigenvalue weighted by Gasteiger charge is -2.10. The Labute approximate surface area is 118 Å². The molecular formula is C16H18N2O2. The van der Waals surface area contributed by atoms with Gasteiger partial charge in [-0.05, 0) is 43.7 Å². The fourth-order valence-corrected chi connectivity index (χ4v) is 1.75. The first-order chi connectivity index (χ1) is 9.65. The Morgan fingerprint density at radius 2 is 1.80 bits per heavy atom. The Morgan fingerprint density at radius 1 is 1.15 bits per heavy atom. The molecule has 0 aliphatic rings. The van der Waals surface area contributed by atoms with Crippen LogP contribution in [-0.2, 0) is 6.54 Å². The third-order valence-electron chi connectivity index (χ3n) is 2.69. The number of benzene rings is 1. The molecule has 0 aliphatic carbocycles. The van der Waals surface area contributed by atoms with E-state index in [9.17, 15) is 4.79 Å². The molecule has 0 spiro atoms. The van der Waals surface area contributed by atoms with E-state index >= 15 is 0 Å². The smallest absolute Gasteiger partial charge is 0.251 e. The minimum Gasteiger partial charge on any atom is -0.491 e. The van der Waals surface area contributed by atoms with Crippen molar-refractivity contribution < 1.29 is 9.53 Å². The number of hydrogen-bond acceptors (Lipinski definition) is 3. The molecule has 2 rings (SSSR count). The Hall–Kier alpha value is -2.36. The van der Waals surface area contributed by atoms with Gasteiger partial charge >= 0.3 is 0 Å². The SMILES string of the molecule is CC(C)Oc1ccc(CNC(=O)c2ccncc2)cc1. The minimum absolute atomic E-state index is 0.102. The summed E-state index contributed by atoms with van der Waals surface area (Å²) in [5, 5.41) is 2.87. The highest BCUT2D eigenvalue weighted by Gasteiger charge is 2.04. The van der Waals surface area contributed by atoms with Gasteiger partial charge in [0.2, 0.25) is 0 Å². The lowest BCUT2D eigenvalue weighted by atomic mass is 10.2. The van der Waals surface area contributed by atoms with Crippen molar-refractivity contribution in [3.8, 4) is 5.75 Å². The van der Waals surface area contributed by atoms with Crippen LogP contribution in [0.3, 0.4) is 0 Å².